The number of nitrogens with zero attached hydrogens (tertiary/aromatic N) is 2. The average Bonchev–Trinajstić information content (AvgIpc) is 2.85. The number of benzene rings is 1. The Labute approximate surface area is 112 Å². The number of alkyl halides is 3. The maximum Gasteiger partial charge on any atom is 0.416 e. The van der Waals surface area contributed by atoms with Gasteiger partial charge in [0.05, 0.1) is 5.56 Å². The van der Waals surface area contributed by atoms with Gasteiger partial charge >= 0.3 is 6.18 Å². The minimum absolute atomic E-state index is 0.0468. The number of aliphatic hydroxyl groups excluding tert-OH is 1. The third-order valence-electron chi connectivity index (χ3n) is 2.61. The van der Waals surface area contributed by atoms with Crippen LogP contribution >= 0.6 is 0 Å². The molecule has 8 heteroatoms. The van der Waals surface area contributed by atoms with Crippen molar-refractivity contribution >= 4 is 0 Å². The van der Waals surface area contributed by atoms with E-state index in [0.717, 1.165) is 12.1 Å². The summed E-state index contributed by atoms with van der Waals surface area (Å²) in [5.41, 5.74) is 4.89. The third-order valence-corrected chi connectivity index (χ3v) is 2.61. The molecule has 0 fully saturated rings. The lowest BCUT2D eigenvalue weighted by molar-refractivity contribution is -0.137. The van der Waals surface area contributed by atoms with E-state index in [1.807, 2.05) is 0 Å². The van der Waals surface area contributed by atoms with Crippen LogP contribution in [0.1, 0.15) is 28.9 Å². The predicted molar refractivity (Wildman–Crippen MR) is 62.6 cm³/mol. The fourth-order valence-electron chi connectivity index (χ4n) is 1.62. The van der Waals surface area contributed by atoms with E-state index < -0.39 is 17.8 Å². The maximum absolute atomic E-state index is 12.6. The number of halogens is 3. The lowest BCUT2D eigenvalue weighted by atomic mass is 10.1. The largest absolute Gasteiger partial charge is 0.416 e. The van der Waals surface area contributed by atoms with E-state index in [1.165, 1.54) is 12.1 Å². The molecule has 5 nitrogen and oxygen atoms in total. The van der Waals surface area contributed by atoms with Crippen molar-refractivity contribution in [2.24, 2.45) is 5.73 Å². The van der Waals surface area contributed by atoms with Gasteiger partial charge in [-0.2, -0.15) is 18.2 Å². The van der Waals surface area contributed by atoms with Gasteiger partial charge in [-0.05, 0) is 11.6 Å². The summed E-state index contributed by atoms with van der Waals surface area (Å²) in [4.78, 5) is 3.88. The van der Waals surface area contributed by atoms with Crippen molar-refractivity contribution < 1.29 is 22.8 Å². The molecule has 108 valence electrons. The predicted octanol–water partition coefficient (Wildman–Crippen LogP) is 1.67. The highest BCUT2D eigenvalue weighted by atomic mass is 19.4. The van der Waals surface area contributed by atoms with Crippen LogP contribution in [0, 0.1) is 0 Å². The molecule has 1 aromatic heterocycles. The fourth-order valence-corrected chi connectivity index (χ4v) is 1.62. The second-order valence-corrected chi connectivity index (χ2v) is 4.18. The van der Waals surface area contributed by atoms with Crippen LogP contribution < -0.4 is 5.73 Å². The van der Waals surface area contributed by atoms with Gasteiger partial charge in [0, 0.05) is 13.0 Å². The van der Waals surface area contributed by atoms with Crippen molar-refractivity contribution in [1.29, 1.82) is 0 Å². The van der Waals surface area contributed by atoms with Crippen LogP contribution in [-0.4, -0.2) is 21.8 Å². The quantitative estimate of drug-likeness (QED) is 0.893. The Balaban J connectivity index is 2.16. The number of hydrogen-bond acceptors (Lipinski definition) is 5. The lowest BCUT2D eigenvalue weighted by Gasteiger charge is -2.07. The van der Waals surface area contributed by atoms with Gasteiger partial charge in [-0.25, -0.2) is 0 Å². The van der Waals surface area contributed by atoms with E-state index in [-0.39, 0.29) is 24.7 Å². The number of hydrogen-bond donors (Lipinski definition) is 2. The number of aliphatic hydroxyl groups is 1. The van der Waals surface area contributed by atoms with Gasteiger partial charge in [-0.3, -0.25) is 0 Å². The molecule has 0 saturated carbocycles. The Bertz CT molecular complexity index is 583. The van der Waals surface area contributed by atoms with Crippen LogP contribution in [0.15, 0.2) is 28.8 Å². The van der Waals surface area contributed by atoms with Crippen molar-refractivity contribution in [2.45, 2.75) is 18.7 Å². The molecule has 0 aliphatic carbocycles. The molecule has 0 amide bonds. The van der Waals surface area contributed by atoms with Crippen LogP contribution in [0.25, 0.3) is 0 Å². The Morgan fingerprint density at radius 1 is 1.35 bits per heavy atom. The molecule has 1 aromatic carbocycles. The second-order valence-electron chi connectivity index (χ2n) is 4.18. The number of aromatic nitrogens is 2. The van der Waals surface area contributed by atoms with Gasteiger partial charge in [0.25, 0.3) is 5.89 Å². The van der Waals surface area contributed by atoms with Gasteiger partial charge in [-0.1, -0.05) is 23.4 Å². The first-order valence-corrected chi connectivity index (χ1v) is 5.77. The molecule has 2 rings (SSSR count). The Hall–Kier alpha value is -1.93. The highest BCUT2D eigenvalue weighted by Crippen LogP contribution is 2.29. The number of nitrogens with two attached hydrogens (primary N) is 1. The van der Waals surface area contributed by atoms with Crippen LogP contribution in [-0.2, 0) is 12.6 Å². The fraction of sp³-hybridized carbons (Fsp3) is 0.333. The smallest absolute Gasteiger partial charge is 0.382 e. The first kappa shape index (κ1) is 14.5. The number of rotatable bonds is 4. The Morgan fingerprint density at radius 2 is 2.10 bits per heavy atom. The van der Waals surface area contributed by atoms with Crippen molar-refractivity contribution in [2.75, 3.05) is 6.54 Å². The van der Waals surface area contributed by atoms with Gasteiger partial charge in [-0.15, -0.1) is 0 Å². The molecule has 0 saturated heterocycles. The molecule has 3 N–H and O–H groups in total. The molecule has 1 atom stereocenters. The summed E-state index contributed by atoms with van der Waals surface area (Å²) in [7, 11) is 0. The molecular formula is C12H12F3N3O2. The van der Waals surface area contributed by atoms with Crippen LogP contribution in [0.4, 0.5) is 13.2 Å². The summed E-state index contributed by atoms with van der Waals surface area (Å²) in [6.45, 7) is -0.0782. The van der Waals surface area contributed by atoms with Crippen molar-refractivity contribution in [3.8, 4) is 0 Å². The highest BCUT2D eigenvalue weighted by Gasteiger charge is 2.30. The summed E-state index contributed by atoms with van der Waals surface area (Å²) in [6, 6.07) is 4.86. The lowest BCUT2D eigenvalue weighted by Crippen LogP contribution is -2.11. The van der Waals surface area contributed by atoms with Crippen LogP contribution in [0.5, 0.6) is 0 Å². The van der Waals surface area contributed by atoms with Gasteiger partial charge in [0.1, 0.15) is 6.10 Å². The standard InChI is InChI=1S/C12H12F3N3O2/c13-12(14,15)8-3-1-2-7(4-8)5-10-17-11(20-18-10)9(19)6-16/h1-4,9,19H,5-6,16H2/t9-/m0/s1. The second kappa shape index (κ2) is 5.59. The molecule has 0 aliphatic rings. The van der Waals surface area contributed by atoms with E-state index >= 15 is 0 Å². The molecular weight excluding hydrogens is 275 g/mol. The molecule has 0 radical (unpaired) electrons. The average molecular weight is 287 g/mol. The molecule has 0 spiro atoms. The van der Waals surface area contributed by atoms with Crippen molar-refractivity contribution in [1.82, 2.24) is 10.1 Å². The summed E-state index contributed by atoms with van der Waals surface area (Å²) < 4.78 is 42.5. The van der Waals surface area contributed by atoms with Gasteiger partial charge in [0.2, 0.25) is 0 Å². The van der Waals surface area contributed by atoms with E-state index in [9.17, 15) is 18.3 Å². The summed E-state index contributed by atoms with van der Waals surface area (Å²) in [5.74, 6) is 0.140. The van der Waals surface area contributed by atoms with E-state index in [0.29, 0.717) is 5.56 Å². The maximum atomic E-state index is 12.6. The van der Waals surface area contributed by atoms with Crippen molar-refractivity contribution in [3.05, 3.63) is 47.1 Å². The Kier molecular flexibility index (Phi) is 4.05. The molecule has 2 aromatic rings. The van der Waals surface area contributed by atoms with Crippen LogP contribution in [0.2, 0.25) is 0 Å². The topological polar surface area (TPSA) is 85.2 Å². The first-order chi connectivity index (χ1) is 9.40. The zero-order valence-corrected chi connectivity index (χ0v) is 10.3. The van der Waals surface area contributed by atoms with E-state index in [2.05, 4.69) is 10.1 Å². The zero-order chi connectivity index (χ0) is 14.8. The molecule has 0 aliphatic heterocycles. The molecule has 1 heterocycles. The van der Waals surface area contributed by atoms with Crippen LogP contribution in [0.3, 0.4) is 0 Å². The molecule has 20 heavy (non-hydrogen) atoms. The minimum Gasteiger partial charge on any atom is -0.382 e. The highest BCUT2D eigenvalue weighted by molar-refractivity contribution is 5.27. The van der Waals surface area contributed by atoms with Gasteiger partial charge < -0.3 is 15.4 Å². The molecule has 0 bridgehead atoms. The van der Waals surface area contributed by atoms with E-state index in [4.69, 9.17) is 10.3 Å². The van der Waals surface area contributed by atoms with Gasteiger partial charge in [0.15, 0.2) is 5.82 Å². The normalized spacial score (nSPS) is 13.4. The zero-order valence-electron chi connectivity index (χ0n) is 10.3. The monoisotopic (exact) mass is 287 g/mol. The first-order valence-electron chi connectivity index (χ1n) is 5.77. The third kappa shape index (κ3) is 3.34. The minimum atomic E-state index is -4.39. The summed E-state index contributed by atoms with van der Waals surface area (Å²) in [5, 5.41) is 13.0. The Morgan fingerprint density at radius 3 is 2.75 bits per heavy atom. The van der Waals surface area contributed by atoms with E-state index in [1.54, 1.807) is 0 Å². The van der Waals surface area contributed by atoms with Crippen molar-refractivity contribution in [3.63, 3.8) is 0 Å². The summed E-state index contributed by atoms with van der Waals surface area (Å²) >= 11 is 0. The summed E-state index contributed by atoms with van der Waals surface area (Å²) in [6.07, 6.45) is -5.39. The SMILES string of the molecule is NC[C@H](O)c1nc(Cc2cccc(C(F)(F)F)c2)no1. The molecule has 0 unspecified atom stereocenters.